The van der Waals surface area contributed by atoms with E-state index >= 15 is 0 Å². The number of unbranched alkanes of at least 4 members (excludes halogenated alkanes) is 2. The van der Waals surface area contributed by atoms with E-state index in [1.165, 1.54) is 0 Å². The molecule has 0 unspecified atom stereocenters. The van der Waals surface area contributed by atoms with Crippen LogP contribution in [-0.2, 0) is 9.59 Å². The van der Waals surface area contributed by atoms with E-state index in [0.29, 0.717) is 31.3 Å². The molecule has 0 aliphatic carbocycles. The second-order valence-electron chi connectivity index (χ2n) is 5.32. The number of carbonyl (C=O) groups excluding carboxylic acids is 2. The number of rotatable bonds is 10. The summed E-state index contributed by atoms with van der Waals surface area (Å²) in [6.07, 6.45) is 3.53. The molecule has 0 aliphatic heterocycles. The highest BCUT2D eigenvalue weighted by atomic mass is 16.2. The minimum Gasteiger partial charge on any atom is -0.355 e. The van der Waals surface area contributed by atoms with Gasteiger partial charge in [-0.3, -0.25) is 9.59 Å². The van der Waals surface area contributed by atoms with E-state index in [-0.39, 0.29) is 11.8 Å². The average Bonchev–Trinajstić information content (AvgIpc) is 2.30. The largest absolute Gasteiger partial charge is 0.355 e. The normalized spacial score (nSPS) is 11.0. The van der Waals surface area contributed by atoms with E-state index in [4.69, 9.17) is 0 Å². The lowest BCUT2D eigenvalue weighted by Crippen LogP contribution is -2.37. The summed E-state index contributed by atoms with van der Waals surface area (Å²) in [6, 6.07) is 0.331. The van der Waals surface area contributed by atoms with Gasteiger partial charge >= 0.3 is 0 Å². The predicted molar refractivity (Wildman–Crippen MR) is 74.5 cm³/mol. The molecule has 0 atom stereocenters. The van der Waals surface area contributed by atoms with E-state index in [2.05, 4.69) is 10.6 Å². The van der Waals surface area contributed by atoms with Crippen LogP contribution in [0.3, 0.4) is 0 Å². The summed E-state index contributed by atoms with van der Waals surface area (Å²) in [5.41, 5.74) is 0. The molecule has 0 fully saturated rings. The highest BCUT2D eigenvalue weighted by Gasteiger charge is 2.06. The summed E-state index contributed by atoms with van der Waals surface area (Å²) in [7, 11) is 0. The Bertz CT molecular complexity index is 250. The first-order valence-corrected chi connectivity index (χ1v) is 6.96. The number of amides is 1. The number of carbonyl (C=O) groups is 2. The summed E-state index contributed by atoms with van der Waals surface area (Å²) in [6.45, 7) is 8.98. The lowest BCUT2D eigenvalue weighted by atomic mass is 10.0. The maximum Gasteiger partial charge on any atom is 0.233 e. The summed E-state index contributed by atoms with van der Waals surface area (Å²) in [5.74, 6) is 0.522. The standard InChI is InChI=1S/C14H28N2O2/c1-11(2)13(17)8-6-5-7-9-15-14(18)10-16-12(3)4/h11-12,16H,5-10H2,1-4H3,(H,15,18). The summed E-state index contributed by atoms with van der Waals surface area (Å²) >= 11 is 0. The molecule has 0 aliphatic rings. The number of nitrogens with one attached hydrogen (secondary N) is 2. The maximum atomic E-state index is 11.4. The first-order valence-electron chi connectivity index (χ1n) is 6.96. The van der Waals surface area contributed by atoms with Gasteiger partial charge < -0.3 is 10.6 Å². The average molecular weight is 256 g/mol. The highest BCUT2D eigenvalue weighted by Crippen LogP contribution is 2.05. The van der Waals surface area contributed by atoms with Crippen molar-refractivity contribution in [2.24, 2.45) is 5.92 Å². The van der Waals surface area contributed by atoms with Gasteiger partial charge in [0.05, 0.1) is 6.54 Å². The van der Waals surface area contributed by atoms with Gasteiger partial charge in [-0.2, -0.15) is 0 Å². The fourth-order valence-corrected chi connectivity index (χ4v) is 1.48. The molecule has 0 saturated heterocycles. The maximum absolute atomic E-state index is 11.4. The SMILES string of the molecule is CC(C)NCC(=O)NCCCCCC(=O)C(C)C. The van der Waals surface area contributed by atoms with Gasteiger partial charge in [0.25, 0.3) is 0 Å². The molecule has 0 aromatic carbocycles. The van der Waals surface area contributed by atoms with Crippen LogP contribution in [0.4, 0.5) is 0 Å². The molecule has 18 heavy (non-hydrogen) atoms. The zero-order chi connectivity index (χ0) is 14.0. The Morgan fingerprint density at radius 1 is 1.00 bits per heavy atom. The summed E-state index contributed by atoms with van der Waals surface area (Å²) in [4.78, 5) is 22.7. The second-order valence-corrected chi connectivity index (χ2v) is 5.32. The van der Waals surface area contributed by atoms with E-state index < -0.39 is 0 Å². The van der Waals surface area contributed by atoms with E-state index in [1.807, 2.05) is 27.7 Å². The number of ketones is 1. The zero-order valence-electron chi connectivity index (χ0n) is 12.2. The number of Topliss-reactive ketones (excluding diaryl/α,β-unsaturated/α-hetero) is 1. The second kappa shape index (κ2) is 10.1. The quantitative estimate of drug-likeness (QED) is 0.587. The molecule has 0 aromatic rings. The van der Waals surface area contributed by atoms with Crippen LogP contribution in [0.2, 0.25) is 0 Å². The van der Waals surface area contributed by atoms with Crippen molar-refractivity contribution >= 4 is 11.7 Å². The van der Waals surface area contributed by atoms with Crippen LogP contribution >= 0.6 is 0 Å². The fraction of sp³-hybridized carbons (Fsp3) is 0.857. The van der Waals surface area contributed by atoms with Crippen LogP contribution in [-0.4, -0.2) is 30.8 Å². The Morgan fingerprint density at radius 3 is 2.22 bits per heavy atom. The van der Waals surface area contributed by atoms with Gasteiger partial charge in [-0.25, -0.2) is 0 Å². The lowest BCUT2D eigenvalue weighted by Gasteiger charge is -2.08. The monoisotopic (exact) mass is 256 g/mol. The molecule has 0 aromatic heterocycles. The Hall–Kier alpha value is -0.900. The van der Waals surface area contributed by atoms with Gasteiger partial charge in [-0.1, -0.05) is 34.1 Å². The number of hydrogen-bond acceptors (Lipinski definition) is 3. The molecule has 0 heterocycles. The molecule has 2 N–H and O–H groups in total. The lowest BCUT2D eigenvalue weighted by molar-refractivity contribution is -0.122. The molecular weight excluding hydrogens is 228 g/mol. The van der Waals surface area contributed by atoms with Crippen LogP contribution in [0.25, 0.3) is 0 Å². The van der Waals surface area contributed by atoms with Crippen molar-refractivity contribution in [1.82, 2.24) is 10.6 Å². The molecule has 106 valence electrons. The topological polar surface area (TPSA) is 58.2 Å². The van der Waals surface area contributed by atoms with Gasteiger partial charge in [-0.05, 0) is 12.8 Å². The molecule has 4 heteroatoms. The Labute approximate surface area is 111 Å². The van der Waals surface area contributed by atoms with Gasteiger partial charge in [0.2, 0.25) is 5.91 Å². The predicted octanol–water partition coefficient (Wildman–Crippen LogP) is 1.89. The molecule has 0 rings (SSSR count). The summed E-state index contributed by atoms with van der Waals surface area (Å²) < 4.78 is 0. The summed E-state index contributed by atoms with van der Waals surface area (Å²) in [5, 5.41) is 5.93. The van der Waals surface area contributed by atoms with Crippen LogP contribution in [0.1, 0.15) is 53.4 Å². The molecular formula is C14H28N2O2. The highest BCUT2D eigenvalue weighted by molar-refractivity contribution is 5.80. The van der Waals surface area contributed by atoms with Crippen LogP contribution in [0, 0.1) is 5.92 Å². The van der Waals surface area contributed by atoms with Crippen molar-refractivity contribution in [2.75, 3.05) is 13.1 Å². The first kappa shape index (κ1) is 17.1. The van der Waals surface area contributed by atoms with Crippen molar-refractivity contribution < 1.29 is 9.59 Å². The van der Waals surface area contributed by atoms with Gasteiger partial charge in [0.15, 0.2) is 0 Å². The minimum atomic E-state index is 0.0435. The molecule has 0 bridgehead atoms. The van der Waals surface area contributed by atoms with E-state index in [9.17, 15) is 9.59 Å². The third-order valence-electron chi connectivity index (χ3n) is 2.74. The van der Waals surface area contributed by atoms with Crippen molar-refractivity contribution in [3.8, 4) is 0 Å². The minimum absolute atomic E-state index is 0.0435. The van der Waals surface area contributed by atoms with Crippen molar-refractivity contribution in [1.29, 1.82) is 0 Å². The molecule has 1 amide bonds. The molecule has 0 spiro atoms. The third-order valence-corrected chi connectivity index (χ3v) is 2.74. The van der Waals surface area contributed by atoms with Gasteiger partial charge in [0, 0.05) is 24.9 Å². The Morgan fingerprint density at radius 2 is 1.67 bits per heavy atom. The van der Waals surface area contributed by atoms with Crippen molar-refractivity contribution in [2.45, 2.75) is 59.4 Å². The van der Waals surface area contributed by atoms with Crippen molar-refractivity contribution in [3.05, 3.63) is 0 Å². The molecule has 4 nitrogen and oxygen atoms in total. The zero-order valence-corrected chi connectivity index (χ0v) is 12.2. The third kappa shape index (κ3) is 10.3. The van der Waals surface area contributed by atoms with Crippen LogP contribution < -0.4 is 10.6 Å². The van der Waals surface area contributed by atoms with Crippen molar-refractivity contribution in [3.63, 3.8) is 0 Å². The van der Waals surface area contributed by atoms with E-state index in [0.717, 1.165) is 19.3 Å². The Balaban J connectivity index is 3.35. The van der Waals surface area contributed by atoms with Gasteiger partial charge in [-0.15, -0.1) is 0 Å². The first-order chi connectivity index (χ1) is 8.43. The number of hydrogen-bond donors (Lipinski definition) is 2. The Kier molecular flexibility index (Phi) is 9.56. The van der Waals surface area contributed by atoms with Crippen LogP contribution in [0.5, 0.6) is 0 Å². The molecule has 0 radical (unpaired) electrons. The smallest absolute Gasteiger partial charge is 0.233 e. The molecule has 0 saturated carbocycles. The van der Waals surface area contributed by atoms with Gasteiger partial charge in [0.1, 0.15) is 5.78 Å². The van der Waals surface area contributed by atoms with Crippen LogP contribution in [0.15, 0.2) is 0 Å². The fourth-order valence-electron chi connectivity index (χ4n) is 1.48. The van der Waals surface area contributed by atoms with E-state index in [1.54, 1.807) is 0 Å².